The van der Waals surface area contributed by atoms with Crippen molar-refractivity contribution in [2.45, 2.75) is 50.7 Å². The number of benzene rings is 1. The second-order valence-electron chi connectivity index (χ2n) is 7.01. The van der Waals surface area contributed by atoms with E-state index >= 15 is 0 Å². The molecule has 0 radical (unpaired) electrons. The summed E-state index contributed by atoms with van der Waals surface area (Å²) in [5.41, 5.74) is 3.05. The molecule has 1 aliphatic carbocycles. The molecule has 1 saturated carbocycles. The van der Waals surface area contributed by atoms with Gasteiger partial charge in [-0.25, -0.2) is 0 Å². The quantitative estimate of drug-likeness (QED) is 0.901. The van der Waals surface area contributed by atoms with Gasteiger partial charge in [-0.2, -0.15) is 0 Å². The molecular weight excluding hydrogens is 260 g/mol. The Kier molecular flexibility index (Phi) is 4.23. The van der Waals surface area contributed by atoms with E-state index in [-0.39, 0.29) is 0 Å². The molecule has 116 valence electrons. The number of aryl methyl sites for hydroxylation is 1. The molecule has 0 spiro atoms. The third-order valence-electron chi connectivity index (χ3n) is 5.27. The van der Waals surface area contributed by atoms with Gasteiger partial charge in [0.1, 0.15) is 11.9 Å². The second kappa shape index (κ2) is 5.98. The van der Waals surface area contributed by atoms with Crippen LogP contribution in [0.1, 0.15) is 36.8 Å². The summed E-state index contributed by atoms with van der Waals surface area (Å²) < 4.78 is 6.04. The highest BCUT2D eigenvalue weighted by Gasteiger charge is 2.35. The minimum absolute atomic E-state index is 0.294. The van der Waals surface area contributed by atoms with E-state index in [0.29, 0.717) is 11.6 Å². The molecule has 0 amide bonds. The highest BCUT2D eigenvalue weighted by atomic mass is 16.5. The van der Waals surface area contributed by atoms with Crippen molar-refractivity contribution >= 4 is 0 Å². The van der Waals surface area contributed by atoms with Crippen molar-refractivity contribution in [2.24, 2.45) is 0 Å². The van der Waals surface area contributed by atoms with Crippen LogP contribution in [0.5, 0.6) is 5.75 Å². The number of hydrogen-bond donors (Lipinski definition) is 1. The minimum atomic E-state index is 0.294. The van der Waals surface area contributed by atoms with Gasteiger partial charge in [0, 0.05) is 25.0 Å². The normalized spacial score (nSPS) is 23.3. The molecule has 1 aliphatic heterocycles. The van der Waals surface area contributed by atoms with Gasteiger partial charge in [-0.1, -0.05) is 30.5 Å². The van der Waals surface area contributed by atoms with Crippen LogP contribution in [0.4, 0.5) is 0 Å². The zero-order valence-electron chi connectivity index (χ0n) is 13.6. The van der Waals surface area contributed by atoms with Crippen molar-refractivity contribution in [3.8, 4) is 5.75 Å². The number of nitrogens with one attached hydrogen (secondary N) is 1. The Balaban J connectivity index is 1.51. The van der Waals surface area contributed by atoms with E-state index in [9.17, 15) is 0 Å². The number of ether oxygens (including phenoxy) is 1. The maximum absolute atomic E-state index is 6.04. The van der Waals surface area contributed by atoms with E-state index in [1.165, 1.54) is 36.8 Å². The van der Waals surface area contributed by atoms with Crippen molar-refractivity contribution in [2.75, 3.05) is 27.2 Å². The Labute approximate surface area is 128 Å². The van der Waals surface area contributed by atoms with Crippen LogP contribution in [0.25, 0.3) is 0 Å². The van der Waals surface area contributed by atoms with E-state index in [4.69, 9.17) is 4.74 Å². The molecular formula is C18H28N2O. The van der Waals surface area contributed by atoms with Crippen LogP contribution in [0.3, 0.4) is 0 Å². The first-order chi connectivity index (χ1) is 10.1. The van der Waals surface area contributed by atoms with Crippen molar-refractivity contribution in [1.29, 1.82) is 0 Å². The molecule has 3 heteroatoms. The first-order valence-corrected chi connectivity index (χ1v) is 8.23. The highest BCUT2D eigenvalue weighted by molar-refractivity contribution is 5.40. The molecule has 0 bridgehead atoms. The lowest BCUT2D eigenvalue weighted by molar-refractivity contribution is 0.145. The van der Waals surface area contributed by atoms with Crippen LogP contribution in [-0.2, 0) is 6.42 Å². The maximum Gasteiger partial charge on any atom is 0.123 e. The smallest absolute Gasteiger partial charge is 0.123 e. The number of fused-ring (bicyclic) bond motifs is 1. The number of rotatable bonds is 5. The van der Waals surface area contributed by atoms with E-state index in [1.807, 2.05) is 0 Å². The van der Waals surface area contributed by atoms with Gasteiger partial charge in [0.2, 0.25) is 0 Å². The second-order valence-corrected chi connectivity index (χ2v) is 7.01. The summed E-state index contributed by atoms with van der Waals surface area (Å²) >= 11 is 0. The fourth-order valence-electron chi connectivity index (χ4n) is 3.84. The average molecular weight is 288 g/mol. The minimum Gasteiger partial charge on any atom is -0.488 e. The highest BCUT2D eigenvalue weighted by Crippen LogP contribution is 2.33. The Hall–Kier alpha value is -1.06. The van der Waals surface area contributed by atoms with Gasteiger partial charge in [-0.05, 0) is 45.5 Å². The standard InChI is InChI=1S/C18H28N2O/c1-14-6-7-17-15(10-14)11-16(21-17)12-19-13-18(20(2)3)8-4-5-9-18/h6-7,10,16,19H,4-5,8-9,11-13H2,1-3H3. The number of hydrogen-bond acceptors (Lipinski definition) is 3. The first kappa shape index (κ1) is 14.9. The Bertz CT molecular complexity index is 492. The fraction of sp³-hybridized carbons (Fsp3) is 0.667. The van der Waals surface area contributed by atoms with Gasteiger partial charge in [0.05, 0.1) is 0 Å². The summed E-state index contributed by atoms with van der Waals surface area (Å²) in [5, 5.41) is 3.67. The van der Waals surface area contributed by atoms with E-state index < -0.39 is 0 Å². The molecule has 1 heterocycles. The van der Waals surface area contributed by atoms with Gasteiger partial charge < -0.3 is 15.0 Å². The summed E-state index contributed by atoms with van der Waals surface area (Å²) in [6.45, 7) is 4.17. The Morgan fingerprint density at radius 1 is 1.29 bits per heavy atom. The molecule has 1 unspecified atom stereocenters. The van der Waals surface area contributed by atoms with Crippen LogP contribution < -0.4 is 10.1 Å². The van der Waals surface area contributed by atoms with Crippen LogP contribution in [0.2, 0.25) is 0 Å². The fourth-order valence-corrected chi connectivity index (χ4v) is 3.84. The van der Waals surface area contributed by atoms with Gasteiger partial charge in [-0.15, -0.1) is 0 Å². The Morgan fingerprint density at radius 3 is 2.76 bits per heavy atom. The van der Waals surface area contributed by atoms with Gasteiger partial charge in [0.15, 0.2) is 0 Å². The summed E-state index contributed by atoms with van der Waals surface area (Å²) in [6, 6.07) is 6.50. The summed E-state index contributed by atoms with van der Waals surface area (Å²) in [5.74, 6) is 1.08. The van der Waals surface area contributed by atoms with Crippen LogP contribution >= 0.6 is 0 Å². The van der Waals surface area contributed by atoms with Gasteiger partial charge >= 0.3 is 0 Å². The first-order valence-electron chi connectivity index (χ1n) is 8.23. The molecule has 0 aromatic heterocycles. The lowest BCUT2D eigenvalue weighted by Crippen LogP contribution is -2.51. The molecule has 2 aliphatic rings. The largest absolute Gasteiger partial charge is 0.488 e. The lowest BCUT2D eigenvalue weighted by Gasteiger charge is -2.37. The predicted molar refractivity (Wildman–Crippen MR) is 87.1 cm³/mol. The van der Waals surface area contributed by atoms with Gasteiger partial charge in [-0.3, -0.25) is 0 Å². The van der Waals surface area contributed by atoms with E-state index in [1.54, 1.807) is 0 Å². The zero-order valence-corrected chi connectivity index (χ0v) is 13.6. The van der Waals surface area contributed by atoms with E-state index in [0.717, 1.165) is 25.3 Å². The molecule has 1 atom stereocenters. The molecule has 3 rings (SSSR count). The lowest BCUT2D eigenvalue weighted by atomic mass is 9.96. The van der Waals surface area contributed by atoms with Crippen LogP contribution in [0.15, 0.2) is 18.2 Å². The molecule has 0 saturated heterocycles. The zero-order chi connectivity index (χ0) is 14.9. The number of likely N-dealkylation sites (N-methyl/N-ethyl adjacent to an activating group) is 1. The molecule has 1 N–H and O–H groups in total. The molecule has 1 aromatic carbocycles. The van der Waals surface area contributed by atoms with Gasteiger partial charge in [0.25, 0.3) is 0 Å². The SMILES string of the molecule is Cc1ccc2c(c1)CC(CNCC1(N(C)C)CCCC1)O2. The predicted octanol–water partition coefficient (Wildman–Crippen LogP) is 2.76. The average Bonchev–Trinajstić information content (AvgIpc) is 3.05. The van der Waals surface area contributed by atoms with Crippen LogP contribution in [0, 0.1) is 6.92 Å². The number of nitrogens with zero attached hydrogens (tertiary/aromatic N) is 1. The van der Waals surface area contributed by atoms with Crippen molar-refractivity contribution < 1.29 is 4.74 Å². The third kappa shape index (κ3) is 3.09. The molecule has 1 aromatic rings. The summed E-state index contributed by atoms with van der Waals surface area (Å²) in [7, 11) is 4.44. The molecule has 3 nitrogen and oxygen atoms in total. The molecule has 1 fully saturated rings. The van der Waals surface area contributed by atoms with Crippen molar-refractivity contribution in [1.82, 2.24) is 10.2 Å². The van der Waals surface area contributed by atoms with Crippen molar-refractivity contribution in [3.05, 3.63) is 29.3 Å². The van der Waals surface area contributed by atoms with E-state index in [2.05, 4.69) is 49.4 Å². The topological polar surface area (TPSA) is 24.5 Å². The summed E-state index contributed by atoms with van der Waals surface area (Å²) in [6.07, 6.45) is 6.70. The maximum atomic E-state index is 6.04. The third-order valence-corrected chi connectivity index (χ3v) is 5.27. The van der Waals surface area contributed by atoms with Crippen LogP contribution in [-0.4, -0.2) is 43.7 Å². The molecule has 21 heavy (non-hydrogen) atoms. The summed E-state index contributed by atoms with van der Waals surface area (Å²) in [4.78, 5) is 2.42. The monoisotopic (exact) mass is 288 g/mol. The Morgan fingerprint density at radius 2 is 2.05 bits per heavy atom. The van der Waals surface area contributed by atoms with Crippen molar-refractivity contribution in [3.63, 3.8) is 0 Å².